The van der Waals surface area contributed by atoms with Crippen molar-refractivity contribution in [2.24, 2.45) is 0 Å². The molecule has 0 bridgehead atoms. The minimum atomic E-state index is -0.772. The van der Waals surface area contributed by atoms with Crippen molar-refractivity contribution in [2.75, 3.05) is 13.2 Å². The van der Waals surface area contributed by atoms with Gasteiger partial charge in [-0.1, -0.05) is 289 Å². The quantitative estimate of drug-likeness (QED) is 0.0262. The predicted octanol–water partition coefficient (Wildman–Crippen LogP) is 20.3. The highest BCUT2D eigenvalue weighted by Gasteiger charge is 2.19. The molecule has 0 aromatic carbocycles. The summed E-state index contributed by atoms with van der Waals surface area (Å²) in [6.45, 7) is 6.62. The molecule has 0 amide bonds. The Kier molecular flexibility index (Phi) is 55.7. The van der Waals surface area contributed by atoms with Gasteiger partial charge in [0.15, 0.2) is 6.10 Å². The molecule has 0 saturated heterocycles. The molecule has 0 aromatic rings. The van der Waals surface area contributed by atoms with Gasteiger partial charge in [-0.2, -0.15) is 0 Å². The van der Waals surface area contributed by atoms with Crippen LogP contribution < -0.4 is 0 Å². The van der Waals surface area contributed by atoms with Gasteiger partial charge in [0.1, 0.15) is 13.2 Å². The maximum atomic E-state index is 12.8. The van der Waals surface area contributed by atoms with Crippen molar-refractivity contribution < 1.29 is 28.6 Å². The van der Waals surface area contributed by atoms with Gasteiger partial charge in [0.2, 0.25) is 0 Å². The normalized spacial score (nSPS) is 12.1. The first-order valence-corrected chi connectivity index (χ1v) is 30.3. The molecule has 0 spiro atoms. The van der Waals surface area contributed by atoms with Gasteiger partial charge in [-0.25, -0.2) is 0 Å². The van der Waals surface area contributed by atoms with Crippen LogP contribution in [-0.2, 0) is 28.6 Å². The number of rotatable bonds is 56. The monoisotopic (exact) mass is 957 g/mol. The SMILES string of the molecule is CCCCC/C=C\C/C=C\CCCCCCCC(=O)OC(COC(=O)CCCCCCCCCC)COC(=O)CCCCCCCCCCCCCCCCCCCCCCCCCCCCC. The van der Waals surface area contributed by atoms with Crippen LogP contribution in [0.15, 0.2) is 24.3 Å². The molecule has 0 aliphatic carbocycles. The molecule has 6 heteroatoms. The predicted molar refractivity (Wildman–Crippen MR) is 293 cm³/mol. The van der Waals surface area contributed by atoms with E-state index in [-0.39, 0.29) is 31.1 Å². The van der Waals surface area contributed by atoms with E-state index in [0.29, 0.717) is 19.3 Å². The fourth-order valence-electron chi connectivity index (χ4n) is 9.12. The highest BCUT2D eigenvalue weighted by atomic mass is 16.6. The molecule has 0 aliphatic heterocycles. The van der Waals surface area contributed by atoms with E-state index >= 15 is 0 Å². The van der Waals surface area contributed by atoms with Crippen LogP contribution in [0, 0.1) is 0 Å². The maximum Gasteiger partial charge on any atom is 0.306 e. The zero-order valence-electron chi connectivity index (χ0n) is 45.9. The third-order valence-electron chi connectivity index (χ3n) is 13.7. The van der Waals surface area contributed by atoms with E-state index in [1.165, 1.54) is 218 Å². The molecule has 1 atom stereocenters. The standard InChI is InChI=1S/C62H116O6/c1-4-7-10-13-16-19-21-23-25-26-27-28-29-30-31-32-33-34-35-36-38-39-41-43-46-49-52-55-61(64)67-58-59(57-66-60(63)54-51-48-45-18-15-12-9-6-3)68-62(65)56-53-50-47-44-42-40-37-24-22-20-17-14-11-8-5-2/h17,20,24,37,59H,4-16,18-19,21-23,25-36,38-58H2,1-3H3/b20-17-,37-24-. The Morgan fingerprint density at radius 3 is 0.838 bits per heavy atom. The molecule has 0 aromatic heterocycles. The van der Waals surface area contributed by atoms with E-state index in [1.807, 2.05) is 0 Å². The average molecular weight is 958 g/mol. The summed E-state index contributed by atoms with van der Waals surface area (Å²) in [6, 6.07) is 0. The van der Waals surface area contributed by atoms with Crippen LogP contribution in [0.2, 0.25) is 0 Å². The lowest BCUT2D eigenvalue weighted by Crippen LogP contribution is -2.30. The van der Waals surface area contributed by atoms with Crippen molar-refractivity contribution in [3.8, 4) is 0 Å². The summed E-state index contributed by atoms with van der Waals surface area (Å²) >= 11 is 0. The van der Waals surface area contributed by atoms with Crippen LogP contribution in [0.3, 0.4) is 0 Å². The second kappa shape index (κ2) is 57.5. The number of allylic oxidation sites excluding steroid dienone is 4. The molecule has 0 aliphatic rings. The Morgan fingerprint density at radius 1 is 0.294 bits per heavy atom. The van der Waals surface area contributed by atoms with Gasteiger partial charge in [0, 0.05) is 19.3 Å². The lowest BCUT2D eigenvalue weighted by atomic mass is 10.0. The van der Waals surface area contributed by atoms with Crippen LogP contribution in [0.5, 0.6) is 0 Å². The summed E-state index contributed by atoms with van der Waals surface area (Å²) in [5, 5.41) is 0. The average Bonchev–Trinajstić information content (AvgIpc) is 3.34. The lowest BCUT2D eigenvalue weighted by Gasteiger charge is -2.18. The molecule has 400 valence electrons. The Labute approximate surface area is 423 Å². The first-order chi connectivity index (χ1) is 33.5. The molecule has 1 unspecified atom stereocenters. The molecular formula is C62H116O6. The largest absolute Gasteiger partial charge is 0.462 e. The van der Waals surface area contributed by atoms with Crippen molar-refractivity contribution in [1.29, 1.82) is 0 Å². The van der Waals surface area contributed by atoms with E-state index in [0.717, 1.165) is 77.0 Å². The van der Waals surface area contributed by atoms with E-state index in [4.69, 9.17) is 14.2 Å². The van der Waals surface area contributed by atoms with E-state index in [9.17, 15) is 14.4 Å². The number of carbonyl (C=O) groups is 3. The Bertz CT molecular complexity index is 1100. The lowest BCUT2D eigenvalue weighted by molar-refractivity contribution is -0.167. The van der Waals surface area contributed by atoms with Crippen LogP contribution >= 0.6 is 0 Å². The van der Waals surface area contributed by atoms with Gasteiger partial charge < -0.3 is 14.2 Å². The molecule has 0 radical (unpaired) electrons. The molecule has 68 heavy (non-hydrogen) atoms. The highest BCUT2D eigenvalue weighted by molar-refractivity contribution is 5.71. The summed E-state index contributed by atoms with van der Waals surface area (Å²) in [6.07, 6.45) is 67.8. The minimum absolute atomic E-state index is 0.0721. The third-order valence-corrected chi connectivity index (χ3v) is 13.7. The van der Waals surface area contributed by atoms with Crippen molar-refractivity contribution in [3.05, 3.63) is 24.3 Å². The summed E-state index contributed by atoms with van der Waals surface area (Å²) < 4.78 is 16.8. The van der Waals surface area contributed by atoms with E-state index in [2.05, 4.69) is 45.1 Å². The Morgan fingerprint density at radius 2 is 0.529 bits per heavy atom. The smallest absolute Gasteiger partial charge is 0.306 e. The summed E-state index contributed by atoms with van der Waals surface area (Å²) in [4.78, 5) is 38.0. The Hall–Kier alpha value is -2.11. The molecule has 0 saturated carbocycles. The number of unbranched alkanes of at least 4 members (excludes halogenated alkanes) is 41. The molecule has 0 fully saturated rings. The first-order valence-electron chi connectivity index (χ1n) is 30.3. The number of ether oxygens (including phenoxy) is 3. The zero-order chi connectivity index (χ0) is 49.3. The van der Waals surface area contributed by atoms with Gasteiger partial charge >= 0.3 is 17.9 Å². The molecule has 0 N–H and O–H groups in total. The number of hydrogen-bond acceptors (Lipinski definition) is 6. The van der Waals surface area contributed by atoms with Crippen molar-refractivity contribution in [3.63, 3.8) is 0 Å². The fraction of sp³-hybridized carbons (Fsp3) is 0.887. The van der Waals surface area contributed by atoms with E-state index < -0.39 is 6.10 Å². The van der Waals surface area contributed by atoms with Gasteiger partial charge in [-0.3, -0.25) is 14.4 Å². The molecular weight excluding hydrogens is 841 g/mol. The van der Waals surface area contributed by atoms with Gasteiger partial charge in [-0.15, -0.1) is 0 Å². The van der Waals surface area contributed by atoms with Crippen LogP contribution in [0.1, 0.15) is 335 Å². The summed E-state index contributed by atoms with van der Waals surface area (Å²) in [5.41, 5.74) is 0. The van der Waals surface area contributed by atoms with Gasteiger partial charge in [-0.05, 0) is 51.4 Å². The number of hydrogen-bond donors (Lipinski definition) is 0. The zero-order valence-corrected chi connectivity index (χ0v) is 45.9. The Balaban J connectivity index is 4.07. The molecule has 0 heterocycles. The molecule has 0 rings (SSSR count). The van der Waals surface area contributed by atoms with Crippen molar-refractivity contribution >= 4 is 17.9 Å². The second-order valence-electron chi connectivity index (χ2n) is 20.6. The minimum Gasteiger partial charge on any atom is -0.462 e. The van der Waals surface area contributed by atoms with Crippen LogP contribution in [0.25, 0.3) is 0 Å². The summed E-state index contributed by atoms with van der Waals surface area (Å²) in [7, 11) is 0. The molecule has 6 nitrogen and oxygen atoms in total. The number of carbonyl (C=O) groups excluding carboxylic acids is 3. The topological polar surface area (TPSA) is 78.9 Å². The van der Waals surface area contributed by atoms with Gasteiger partial charge in [0.05, 0.1) is 0 Å². The maximum absolute atomic E-state index is 12.8. The first kappa shape index (κ1) is 65.9. The second-order valence-corrected chi connectivity index (χ2v) is 20.6. The van der Waals surface area contributed by atoms with Gasteiger partial charge in [0.25, 0.3) is 0 Å². The summed E-state index contributed by atoms with van der Waals surface area (Å²) in [5.74, 6) is -0.871. The van der Waals surface area contributed by atoms with Crippen molar-refractivity contribution in [1.82, 2.24) is 0 Å². The highest BCUT2D eigenvalue weighted by Crippen LogP contribution is 2.18. The fourth-order valence-corrected chi connectivity index (χ4v) is 9.12. The van der Waals surface area contributed by atoms with Crippen LogP contribution in [0.4, 0.5) is 0 Å². The van der Waals surface area contributed by atoms with E-state index in [1.54, 1.807) is 0 Å². The van der Waals surface area contributed by atoms with Crippen molar-refractivity contribution in [2.45, 2.75) is 341 Å². The number of esters is 3. The van der Waals surface area contributed by atoms with Crippen LogP contribution in [-0.4, -0.2) is 37.2 Å². The third kappa shape index (κ3) is 54.8.